The number of hydrogen-bond donors (Lipinski definition) is 1. The van der Waals surface area contributed by atoms with Crippen LogP contribution in [0.4, 0.5) is 14.5 Å². The van der Waals surface area contributed by atoms with Gasteiger partial charge in [-0.3, -0.25) is 10.1 Å². The van der Waals surface area contributed by atoms with E-state index in [2.05, 4.69) is 4.98 Å². The molecule has 0 aliphatic rings. The van der Waals surface area contributed by atoms with E-state index in [1.54, 1.807) is 6.92 Å². The van der Waals surface area contributed by atoms with Crippen molar-refractivity contribution in [1.82, 2.24) is 4.98 Å². The Morgan fingerprint density at radius 3 is 2.62 bits per heavy atom. The lowest BCUT2D eigenvalue weighted by molar-refractivity contribution is -0.384. The van der Waals surface area contributed by atoms with Gasteiger partial charge in [0.2, 0.25) is 11.7 Å². The normalized spacial score (nSPS) is 10.9. The molecule has 0 spiro atoms. The molecule has 0 unspecified atom stereocenters. The molecule has 0 saturated carbocycles. The van der Waals surface area contributed by atoms with Crippen molar-refractivity contribution in [2.24, 2.45) is 0 Å². The maximum Gasteiger partial charge on any atom is 0.374 e. The van der Waals surface area contributed by atoms with Gasteiger partial charge < -0.3 is 9.52 Å². The predicted molar refractivity (Wildman–Crippen MR) is 65.2 cm³/mol. The Morgan fingerprint density at radius 2 is 2.14 bits per heavy atom. The summed E-state index contributed by atoms with van der Waals surface area (Å²) >= 11 is 0. The number of aromatic carboxylic acids is 1. The van der Waals surface area contributed by atoms with Crippen LogP contribution in [0.5, 0.6) is 0 Å². The minimum Gasteiger partial charge on any atom is -0.475 e. The van der Waals surface area contributed by atoms with E-state index in [4.69, 9.17) is 9.52 Å². The number of nitrogens with zero attached hydrogens (tertiary/aromatic N) is 2. The first kappa shape index (κ1) is 14.6. The van der Waals surface area contributed by atoms with E-state index in [0.29, 0.717) is 5.56 Å². The SMILES string of the molecule is Cc1ccc([N+](=O)[O-])c(-c2nc(C(F)F)c(C(=O)O)o2)c1. The Kier molecular flexibility index (Phi) is 3.66. The number of aryl methyl sites for hydroxylation is 1. The Labute approximate surface area is 116 Å². The fraction of sp³-hybridized carbons (Fsp3) is 0.167. The molecule has 7 nitrogen and oxygen atoms in total. The summed E-state index contributed by atoms with van der Waals surface area (Å²) in [6.45, 7) is 1.63. The summed E-state index contributed by atoms with van der Waals surface area (Å²) in [5, 5.41) is 19.7. The van der Waals surface area contributed by atoms with Crippen LogP contribution >= 0.6 is 0 Å². The molecular formula is C12H8F2N2O5. The van der Waals surface area contributed by atoms with Gasteiger partial charge in [0.05, 0.1) is 4.92 Å². The van der Waals surface area contributed by atoms with E-state index in [0.717, 1.165) is 6.07 Å². The van der Waals surface area contributed by atoms with Gasteiger partial charge in [0.25, 0.3) is 12.1 Å². The number of alkyl halides is 2. The van der Waals surface area contributed by atoms with Crippen LogP contribution in [0.25, 0.3) is 11.5 Å². The van der Waals surface area contributed by atoms with Crippen molar-refractivity contribution < 1.29 is 28.0 Å². The smallest absolute Gasteiger partial charge is 0.374 e. The van der Waals surface area contributed by atoms with E-state index in [-0.39, 0.29) is 5.56 Å². The lowest BCUT2D eigenvalue weighted by Crippen LogP contribution is -1.99. The number of carbonyl (C=O) groups is 1. The summed E-state index contributed by atoms with van der Waals surface area (Å²) in [4.78, 5) is 24.4. The van der Waals surface area contributed by atoms with E-state index in [1.807, 2.05) is 0 Å². The lowest BCUT2D eigenvalue weighted by Gasteiger charge is -2.00. The van der Waals surface area contributed by atoms with Gasteiger partial charge in [0, 0.05) is 6.07 Å². The van der Waals surface area contributed by atoms with Crippen molar-refractivity contribution in [3.63, 3.8) is 0 Å². The van der Waals surface area contributed by atoms with E-state index in [1.165, 1.54) is 12.1 Å². The summed E-state index contributed by atoms with van der Waals surface area (Å²) in [5.74, 6) is -3.28. The average Bonchev–Trinajstić information content (AvgIpc) is 2.83. The van der Waals surface area contributed by atoms with Crippen molar-refractivity contribution in [2.75, 3.05) is 0 Å². The number of nitro benzene ring substituents is 1. The van der Waals surface area contributed by atoms with E-state index >= 15 is 0 Å². The fourth-order valence-electron chi connectivity index (χ4n) is 1.73. The Morgan fingerprint density at radius 1 is 1.48 bits per heavy atom. The highest BCUT2D eigenvalue weighted by Gasteiger charge is 2.29. The van der Waals surface area contributed by atoms with Crippen molar-refractivity contribution in [3.05, 3.63) is 45.3 Å². The maximum atomic E-state index is 12.7. The second kappa shape index (κ2) is 5.27. The third-order valence-corrected chi connectivity index (χ3v) is 2.63. The quantitative estimate of drug-likeness (QED) is 0.686. The molecule has 1 aromatic heterocycles. The van der Waals surface area contributed by atoms with Crippen LogP contribution in [0.1, 0.15) is 28.2 Å². The van der Waals surface area contributed by atoms with Crippen LogP contribution in [-0.2, 0) is 0 Å². The number of benzene rings is 1. The second-order valence-corrected chi connectivity index (χ2v) is 4.12. The first-order valence-electron chi connectivity index (χ1n) is 5.59. The Bertz CT molecular complexity index is 726. The standard InChI is InChI=1S/C12H8F2N2O5/c1-5-2-3-7(16(19)20)6(4-5)11-15-8(10(13)14)9(21-11)12(17)18/h2-4,10H,1H3,(H,17,18). The number of oxazole rings is 1. The number of aromatic nitrogens is 1. The second-order valence-electron chi connectivity index (χ2n) is 4.12. The van der Waals surface area contributed by atoms with Gasteiger partial charge in [-0.25, -0.2) is 18.6 Å². The average molecular weight is 298 g/mol. The summed E-state index contributed by atoms with van der Waals surface area (Å²) in [7, 11) is 0. The third kappa shape index (κ3) is 2.71. The molecule has 1 aromatic carbocycles. The van der Waals surface area contributed by atoms with Crippen molar-refractivity contribution in [3.8, 4) is 11.5 Å². The molecule has 0 atom stereocenters. The monoisotopic (exact) mass is 298 g/mol. The lowest BCUT2D eigenvalue weighted by atomic mass is 10.1. The highest BCUT2D eigenvalue weighted by Crippen LogP contribution is 2.33. The zero-order chi connectivity index (χ0) is 15.7. The van der Waals surface area contributed by atoms with Gasteiger partial charge in [-0.05, 0) is 18.6 Å². The molecule has 0 aliphatic carbocycles. The highest BCUT2D eigenvalue weighted by atomic mass is 19.3. The summed E-state index contributed by atoms with van der Waals surface area (Å²) < 4.78 is 30.2. The minimum atomic E-state index is -3.17. The van der Waals surface area contributed by atoms with Crippen LogP contribution in [0.3, 0.4) is 0 Å². The predicted octanol–water partition coefficient (Wildman–Crippen LogP) is 3.19. The van der Waals surface area contributed by atoms with Gasteiger partial charge in [-0.1, -0.05) is 6.07 Å². The van der Waals surface area contributed by atoms with Crippen LogP contribution in [0, 0.1) is 17.0 Å². The zero-order valence-electron chi connectivity index (χ0n) is 10.5. The Balaban J connectivity index is 2.67. The molecule has 9 heteroatoms. The fourth-order valence-corrected chi connectivity index (χ4v) is 1.73. The van der Waals surface area contributed by atoms with Gasteiger partial charge in [-0.2, -0.15) is 0 Å². The zero-order valence-corrected chi connectivity index (χ0v) is 10.5. The van der Waals surface area contributed by atoms with E-state index < -0.39 is 40.4 Å². The molecule has 1 N–H and O–H groups in total. The van der Waals surface area contributed by atoms with Crippen LogP contribution < -0.4 is 0 Å². The molecule has 0 aliphatic heterocycles. The first-order chi connectivity index (χ1) is 9.81. The first-order valence-corrected chi connectivity index (χ1v) is 5.59. The number of hydrogen-bond acceptors (Lipinski definition) is 5. The van der Waals surface area contributed by atoms with Crippen LogP contribution in [0.15, 0.2) is 22.6 Å². The molecule has 0 saturated heterocycles. The molecule has 0 bridgehead atoms. The van der Waals surface area contributed by atoms with Crippen molar-refractivity contribution in [2.45, 2.75) is 13.3 Å². The largest absolute Gasteiger partial charge is 0.475 e. The van der Waals surface area contributed by atoms with Crippen molar-refractivity contribution >= 4 is 11.7 Å². The van der Waals surface area contributed by atoms with E-state index in [9.17, 15) is 23.7 Å². The number of carboxylic acids is 1. The van der Waals surface area contributed by atoms with Crippen molar-refractivity contribution in [1.29, 1.82) is 0 Å². The highest BCUT2D eigenvalue weighted by molar-refractivity contribution is 5.86. The molecule has 0 amide bonds. The molecule has 1 heterocycles. The summed E-state index contributed by atoms with van der Waals surface area (Å²) in [6.07, 6.45) is -3.17. The van der Waals surface area contributed by atoms with Gasteiger partial charge >= 0.3 is 5.97 Å². The molecule has 21 heavy (non-hydrogen) atoms. The van der Waals surface area contributed by atoms with Gasteiger partial charge in [0.1, 0.15) is 5.56 Å². The van der Waals surface area contributed by atoms with Gasteiger partial charge in [0.15, 0.2) is 5.69 Å². The number of nitro groups is 1. The third-order valence-electron chi connectivity index (χ3n) is 2.63. The molecule has 2 aromatic rings. The topological polar surface area (TPSA) is 106 Å². The number of halogens is 2. The summed E-state index contributed by atoms with van der Waals surface area (Å²) in [6, 6.07) is 3.93. The molecule has 2 rings (SSSR count). The molecule has 110 valence electrons. The minimum absolute atomic E-state index is 0.158. The molecule has 0 fully saturated rings. The number of rotatable bonds is 4. The van der Waals surface area contributed by atoms with Crippen LogP contribution in [0.2, 0.25) is 0 Å². The maximum absolute atomic E-state index is 12.7. The molecular weight excluding hydrogens is 290 g/mol. The summed E-state index contributed by atoms with van der Waals surface area (Å²) in [5.41, 5.74) is -1.04. The number of carboxylic acid groups (broad SMARTS) is 1. The van der Waals surface area contributed by atoms with Crippen LogP contribution in [-0.4, -0.2) is 21.0 Å². The molecule has 0 radical (unpaired) electrons. The Hall–Kier alpha value is -2.84. The van der Waals surface area contributed by atoms with Gasteiger partial charge in [-0.15, -0.1) is 0 Å².